The van der Waals surface area contributed by atoms with E-state index in [0.29, 0.717) is 12.6 Å². The van der Waals surface area contributed by atoms with Gasteiger partial charge in [-0.2, -0.15) is 0 Å². The van der Waals surface area contributed by atoms with Crippen LogP contribution >= 0.6 is 27.3 Å². The molecule has 1 unspecified atom stereocenters. The standard InChI is InChI=1S/C13H20BrN3OS/c1-2-15-13(16-8-10-4-3-7-18-10)17-9-11-5-6-12(14)19-11/h5-6,10H,2-4,7-9H2,1H3,(H2,15,16,17). The fourth-order valence-electron chi connectivity index (χ4n) is 1.95. The Balaban J connectivity index is 1.83. The number of ether oxygens (including phenoxy) is 1. The minimum Gasteiger partial charge on any atom is -0.376 e. The molecule has 0 spiro atoms. The number of guanidine groups is 1. The summed E-state index contributed by atoms with van der Waals surface area (Å²) in [4.78, 5) is 5.84. The summed E-state index contributed by atoms with van der Waals surface area (Å²) in [5.41, 5.74) is 0. The van der Waals surface area contributed by atoms with Crippen molar-refractivity contribution in [2.45, 2.75) is 32.4 Å². The van der Waals surface area contributed by atoms with Crippen LogP contribution in [0.15, 0.2) is 20.9 Å². The first-order valence-corrected chi connectivity index (χ1v) is 8.27. The molecular weight excluding hydrogens is 326 g/mol. The third-order valence-corrected chi connectivity index (χ3v) is 4.50. The topological polar surface area (TPSA) is 45.7 Å². The van der Waals surface area contributed by atoms with Crippen molar-refractivity contribution in [3.05, 3.63) is 20.8 Å². The van der Waals surface area contributed by atoms with E-state index in [1.807, 2.05) is 0 Å². The SMILES string of the molecule is CCNC(=NCc1ccc(Br)s1)NCC1CCCO1. The molecule has 2 N–H and O–H groups in total. The Bertz CT molecular complexity index is 416. The molecule has 0 radical (unpaired) electrons. The van der Waals surface area contributed by atoms with Crippen LogP contribution in [-0.4, -0.2) is 31.8 Å². The smallest absolute Gasteiger partial charge is 0.191 e. The predicted octanol–water partition coefficient (Wildman–Crippen LogP) is 2.74. The molecule has 0 aromatic carbocycles. The van der Waals surface area contributed by atoms with E-state index in [4.69, 9.17) is 4.74 Å². The van der Waals surface area contributed by atoms with E-state index in [0.717, 1.165) is 35.9 Å². The molecule has 1 aliphatic rings. The molecule has 1 saturated heterocycles. The van der Waals surface area contributed by atoms with Gasteiger partial charge in [-0.3, -0.25) is 0 Å². The van der Waals surface area contributed by atoms with E-state index >= 15 is 0 Å². The van der Waals surface area contributed by atoms with Crippen LogP contribution in [0.1, 0.15) is 24.6 Å². The molecular formula is C13H20BrN3OS. The van der Waals surface area contributed by atoms with Gasteiger partial charge in [-0.1, -0.05) is 0 Å². The highest BCUT2D eigenvalue weighted by Gasteiger charge is 2.15. The molecule has 6 heteroatoms. The predicted molar refractivity (Wildman–Crippen MR) is 83.8 cm³/mol. The van der Waals surface area contributed by atoms with Crippen molar-refractivity contribution in [2.75, 3.05) is 19.7 Å². The van der Waals surface area contributed by atoms with Crippen LogP contribution in [0.2, 0.25) is 0 Å². The minimum absolute atomic E-state index is 0.333. The summed E-state index contributed by atoms with van der Waals surface area (Å²) in [6, 6.07) is 4.16. The van der Waals surface area contributed by atoms with Gasteiger partial charge in [0.1, 0.15) is 0 Å². The quantitative estimate of drug-likeness (QED) is 0.637. The number of hydrogen-bond donors (Lipinski definition) is 2. The first kappa shape index (κ1) is 14.8. The monoisotopic (exact) mass is 345 g/mol. The molecule has 19 heavy (non-hydrogen) atoms. The highest BCUT2D eigenvalue weighted by atomic mass is 79.9. The molecule has 0 amide bonds. The third-order valence-electron chi connectivity index (χ3n) is 2.89. The number of hydrogen-bond acceptors (Lipinski definition) is 3. The Morgan fingerprint density at radius 2 is 2.42 bits per heavy atom. The molecule has 1 aromatic heterocycles. The Hall–Kier alpha value is -0.590. The van der Waals surface area contributed by atoms with E-state index in [-0.39, 0.29) is 0 Å². The molecule has 0 aliphatic carbocycles. The Labute approximate surface area is 126 Å². The third kappa shape index (κ3) is 5.12. The maximum Gasteiger partial charge on any atom is 0.191 e. The van der Waals surface area contributed by atoms with Crippen LogP contribution in [0.4, 0.5) is 0 Å². The molecule has 4 nitrogen and oxygen atoms in total. The zero-order chi connectivity index (χ0) is 13.5. The van der Waals surface area contributed by atoms with Crippen LogP contribution in [0.3, 0.4) is 0 Å². The Morgan fingerprint density at radius 1 is 1.53 bits per heavy atom. The number of aliphatic imine (C=N–C) groups is 1. The van der Waals surface area contributed by atoms with E-state index in [1.165, 1.54) is 11.3 Å². The lowest BCUT2D eigenvalue weighted by Crippen LogP contribution is -2.41. The van der Waals surface area contributed by atoms with Crippen LogP contribution in [-0.2, 0) is 11.3 Å². The second-order valence-electron chi connectivity index (χ2n) is 4.42. The van der Waals surface area contributed by atoms with Gasteiger partial charge in [0.05, 0.1) is 16.4 Å². The van der Waals surface area contributed by atoms with Crippen molar-refractivity contribution in [1.29, 1.82) is 0 Å². The van der Waals surface area contributed by atoms with Crippen LogP contribution in [0.5, 0.6) is 0 Å². The number of thiophene rings is 1. The summed E-state index contributed by atoms with van der Waals surface area (Å²) in [5, 5.41) is 6.61. The van der Waals surface area contributed by atoms with E-state index in [2.05, 4.69) is 50.6 Å². The maximum atomic E-state index is 5.60. The number of rotatable bonds is 5. The molecule has 1 fully saturated rings. The number of halogens is 1. The fourth-order valence-corrected chi connectivity index (χ4v) is 3.36. The first-order chi connectivity index (χ1) is 9.28. The molecule has 0 saturated carbocycles. The van der Waals surface area contributed by atoms with Crippen molar-refractivity contribution in [1.82, 2.24) is 10.6 Å². The zero-order valence-electron chi connectivity index (χ0n) is 11.1. The summed E-state index contributed by atoms with van der Waals surface area (Å²) >= 11 is 5.19. The van der Waals surface area contributed by atoms with Gasteiger partial charge in [0.2, 0.25) is 0 Å². The van der Waals surface area contributed by atoms with Crippen molar-refractivity contribution < 1.29 is 4.74 Å². The van der Waals surface area contributed by atoms with Gasteiger partial charge in [0.15, 0.2) is 5.96 Å². The summed E-state index contributed by atoms with van der Waals surface area (Å²) in [6.45, 7) is 5.37. The Kier molecular flexibility index (Phi) is 6.13. The summed E-state index contributed by atoms with van der Waals surface area (Å²) in [6.07, 6.45) is 2.65. The van der Waals surface area contributed by atoms with Crippen molar-refractivity contribution in [3.63, 3.8) is 0 Å². The molecule has 2 heterocycles. The lowest BCUT2D eigenvalue weighted by atomic mass is 10.2. The second-order valence-corrected chi connectivity index (χ2v) is 6.96. The van der Waals surface area contributed by atoms with Crippen LogP contribution in [0, 0.1) is 0 Å². The number of nitrogens with zero attached hydrogens (tertiary/aromatic N) is 1. The average Bonchev–Trinajstić information content (AvgIpc) is 3.04. The normalized spacial score (nSPS) is 19.7. The van der Waals surface area contributed by atoms with E-state index in [1.54, 1.807) is 11.3 Å². The summed E-state index contributed by atoms with van der Waals surface area (Å²) in [5.74, 6) is 0.863. The van der Waals surface area contributed by atoms with Gasteiger partial charge < -0.3 is 15.4 Å². The molecule has 0 bridgehead atoms. The second kappa shape index (κ2) is 7.87. The molecule has 1 aromatic rings. The van der Waals surface area contributed by atoms with Crippen LogP contribution in [0.25, 0.3) is 0 Å². The Morgan fingerprint density at radius 3 is 3.05 bits per heavy atom. The lowest BCUT2D eigenvalue weighted by molar-refractivity contribution is 0.114. The fraction of sp³-hybridized carbons (Fsp3) is 0.615. The van der Waals surface area contributed by atoms with Crippen LogP contribution < -0.4 is 10.6 Å². The zero-order valence-corrected chi connectivity index (χ0v) is 13.5. The van der Waals surface area contributed by atoms with Gasteiger partial charge in [0, 0.05) is 24.6 Å². The lowest BCUT2D eigenvalue weighted by Gasteiger charge is -2.14. The van der Waals surface area contributed by atoms with Gasteiger partial charge in [0.25, 0.3) is 0 Å². The molecule has 2 rings (SSSR count). The van der Waals surface area contributed by atoms with Crippen molar-refractivity contribution in [2.24, 2.45) is 4.99 Å². The number of nitrogens with one attached hydrogen (secondary N) is 2. The largest absolute Gasteiger partial charge is 0.376 e. The van der Waals surface area contributed by atoms with E-state index in [9.17, 15) is 0 Å². The first-order valence-electron chi connectivity index (χ1n) is 6.66. The van der Waals surface area contributed by atoms with Crippen molar-refractivity contribution in [3.8, 4) is 0 Å². The average molecular weight is 346 g/mol. The van der Waals surface area contributed by atoms with Crippen molar-refractivity contribution >= 4 is 33.2 Å². The summed E-state index contributed by atoms with van der Waals surface area (Å²) in [7, 11) is 0. The summed E-state index contributed by atoms with van der Waals surface area (Å²) < 4.78 is 6.75. The highest BCUT2D eigenvalue weighted by Crippen LogP contribution is 2.22. The highest BCUT2D eigenvalue weighted by molar-refractivity contribution is 9.11. The maximum absolute atomic E-state index is 5.60. The molecule has 106 valence electrons. The molecule has 1 aliphatic heterocycles. The van der Waals surface area contributed by atoms with Gasteiger partial charge >= 0.3 is 0 Å². The molecule has 1 atom stereocenters. The van der Waals surface area contributed by atoms with Gasteiger partial charge in [-0.15, -0.1) is 11.3 Å². The minimum atomic E-state index is 0.333. The van der Waals surface area contributed by atoms with Gasteiger partial charge in [-0.25, -0.2) is 4.99 Å². The van der Waals surface area contributed by atoms with Gasteiger partial charge in [-0.05, 0) is 47.8 Å². The van der Waals surface area contributed by atoms with E-state index < -0.39 is 0 Å².